The number of piperidine rings is 1. The molecule has 0 aromatic carbocycles. The van der Waals surface area contributed by atoms with E-state index in [1.54, 1.807) is 0 Å². The van der Waals surface area contributed by atoms with Crippen LogP contribution in [0.4, 0.5) is 5.82 Å². The minimum Gasteiger partial charge on any atom is -0.393 e. The minimum absolute atomic E-state index is 0.0561. The van der Waals surface area contributed by atoms with E-state index >= 15 is 0 Å². The van der Waals surface area contributed by atoms with Crippen LogP contribution in [0, 0.1) is 12.8 Å². The molecular weight excluding hydrogens is 228 g/mol. The number of rotatable bonds is 3. The van der Waals surface area contributed by atoms with Gasteiger partial charge in [-0.25, -0.2) is 4.98 Å². The molecule has 1 unspecified atom stereocenters. The van der Waals surface area contributed by atoms with Crippen molar-refractivity contribution in [3.63, 3.8) is 0 Å². The molecule has 0 radical (unpaired) electrons. The van der Waals surface area contributed by atoms with E-state index in [4.69, 9.17) is 0 Å². The molecule has 0 amide bonds. The molecule has 0 aliphatic carbocycles. The van der Waals surface area contributed by atoms with Crippen LogP contribution < -0.4 is 4.90 Å². The van der Waals surface area contributed by atoms with Crippen LogP contribution in [0.15, 0.2) is 12.1 Å². The molecule has 0 bridgehead atoms. The predicted octanol–water partition coefficient (Wildman–Crippen LogP) is 1.48. The fraction of sp³-hybridized carbons (Fsp3) is 0.643. The maximum Gasteiger partial charge on any atom is 0.129 e. The summed E-state index contributed by atoms with van der Waals surface area (Å²) in [4.78, 5) is 6.77. The summed E-state index contributed by atoms with van der Waals surface area (Å²) in [6, 6.07) is 3.86. The second-order valence-corrected chi connectivity index (χ2v) is 5.20. The van der Waals surface area contributed by atoms with E-state index in [0.717, 1.165) is 43.0 Å². The lowest BCUT2D eigenvalue weighted by Gasteiger charge is -2.34. The van der Waals surface area contributed by atoms with E-state index < -0.39 is 0 Å². The average Bonchev–Trinajstić information content (AvgIpc) is 2.38. The van der Waals surface area contributed by atoms with Crippen LogP contribution in [0.2, 0.25) is 0 Å². The fourth-order valence-electron chi connectivity index (χ4n) is 2.59. The predicted molar refractivity (Wildman–Crippen MR) is 71.5 cm³/mol. The molecule has 1 saturated heterocycles. The Labute approximate surface area is 108 Å². The topological polar surface area (TPSA) is 56.6 Å². The number of nitrogens with zero attached hydrogens (tertiary/aromatic N) is 2. The highest BCUT2D eigenvalue weighted by Gasteiger charge is 2.23. The lowest BCUT2D eigenvalue weighted by atomic mass is 9.92. The smallest absolute Gasteiger partial charge is 0.129 e. The third-order valence-corrected chi connectivity index (χ3v) is 3.73. The summed E-state index contributed by atoms with van der Waals surface area (Å²) in [5, 5.41) is 18.8. The fourth-order valence-corrected chi connectivity index (χ4v) is 2.59. The molecule has 1 atom stereocenters. The van der Waals surface area contributed by atoms with Crippen molar-refractivity contribution in [1.82, 2.24) is 4.98 Å². The zero-order valence-electron chi connectivity index (χ0n) is 11.1. The van der Waals surface area contributed by atoms with E-state index in [2.05, 4.69) is 9.88 Å². The second kappa shape index (κ2) is 5.67. The zero-order valence-corrected chi connectivity index (χ0v) is 11.1. The first-order chi connectivity index (χ1) is 8.60. The average molecular weight is 250 g/mol. The van der Waals surface area contributed by atoms with Gasteiger partial charge in [-0.3, -0.25) is 0 Å². The molecule has 1 aliphatic rings. The first-order valence-electron chi connectivity index (χ1n) is 6.61. The van der Waals surface area contributed by atoms with Crippen molar-refractivity contribution in [1.29, 1.82) is 0 Å². The summed E-state index contributed by atoms with van der Waals surface area (Å²) in [5.41, 5.74) is 1.85. The molecular formula is C14H22N2O2. The summed E-state index contributed by atoms with van der Waals surface area (Å²) >= 11 is 0. The highest BCUT2D eigenvalue weighted by Crippen LogP contribution is 2.25. The summed E-state index contributed by atoms with van der Waals surface area (Å²) < 4.78 is 0. The van der Waals surface area contributed by atoms with Gasteiger partial charge in [0.25, 0.3) is 0 Å². The number of aromatic nitrogens is 1. The monoisotopic (exact) mass is 250 g/mol. The Morgan fingerprint density at radius 1 is 1.39 bits per heavy atom. The van der Waals surface area contributed by atoms with Gasteiger partial charge in [0.15, 0.2) is 0 Å². The van der Waals surface area contributed by atoms with E-state index in [9.17, 15) is 10.2 Å². The van der Waals surface area contributed by atoms with E-state index in [1.165, 1.54) is 0 Å². The molecule has 0 spiro atoms. The van der Waals surface area contributed by atoms with Crippen molar-refractivity contribution in [2.24, 2.45) is 5.92 Å². The Bertz CT molecular complexity index is 399. The Morgan fingerprint density at radius 2 is 2.06 bits per heavy atom. The number of aliphatic hydroxyl groups excluding tert-OH is 2. The van der Waals surface area contributed by atoms with Crippen LogP contribution in [0.5, 0.6) is 0 Å². The van der Waals surface area contributed by atoms with Gasteiger partial charge < -0.3 is 15.1 Å². The molecule has 2 heterocycles. The quantitative estimate of drug-likeness (QED) is 0.853. The highest BCUT2D eigenvalue weighted by molar-refractivity contribution is 5.42. The third-order valence-electron chi connectivity index (χ3n) is 3.73. The van der Waals surface area contributed by atoms with Gasteiger partial charge >= 0.3 is 0 Å². The molecule has 100 valence electrons. The van der Waals surface area contributed by atoms with Gasteiger partial charge in [0.2, 0.25) is 0 Å². The van der Waals surface area contributed by atoms with Crippen LogP contribution in [-0.4, -0.2) is 34.4 Å². The van der Waals surface area contributed by atoms with Crippen molar-refractivity contribution in [3.05, 3.63) is 23.4 Å². The number of hydrogen-bond acceptors (Lipinski definition) is 4. The number of hydrogen-bond donors (Lipinski definition) is 2. The van der Waals surface area contributed by atoms with Gasteiger partial charge in [0, 0.05) is 18.8 Å². The Morgan fingerprint density at radius 3 is 2.61 bits per heavy atom. The maximum absolute atomic E-state index is 9.59. The largest absolute Gasteiger partial charge is 0.393 e. The van der Waals surface area contributed by atoms with Gasteiger partial charge in [-0.05, 0) is 50.3 Å². The molecule has 0 saturated carbocycles. The van der Waals surface area contributed by atoms with Gasteiger partial charge in [0.1, 0.15) is 5.82 Å². The summed E-state index contributed by atoms with van der Waals surface area (Å²) in [6.07, 6.45) is 1.79. The van der Waals surface area contributed by atoms with E-state index in [0.29, 0.717) is 5.92 Å². The summed E-state index contributed by atoms with van der Waals surface area (Å²) in [7, 11) is 0. The molecule has 2 rings (SSSR count). The van der Waals surface area contributed by atoms with Crippen molar-refractivity contribution in [3.8, 4) is 0 Å². The number of aliphatic hydroxyl groups is 2. The maximum atomic E-state index is 9.59. The summed E-state index contributed by atoms with van der Waals surface area (Å²) in [6.45, 7) is 5.73. The molecule has 1 aromatic rings. The van der Waals surface area contributed by atoms with Crippen LogP contribution >= 0.6 is 0 Å². The highest BCUT2D eigenvalue weighted by atomic mass is 16.3. The Kier molecular flexibility index (Phi) is 4.19. The molecule has 1 fully saturated rings. The van der Waals surface area contributed by atoms with E-state index in [1.807, 2.05) is 26.0 Å². The van der Waals surface area contributed by atoms with Crippen molar-refractivity contribution in [2.75, 3.05) is 18.0 Å². The number of anilines is 1. The van der Waals surface area contributed by atoms with Crippen molar-refractivity contribution < 1.29 is 10.2 Å². The standard InChI is InChI=1S/C14H22N2O2/c1-10-7-12(9-17)8-14(15-10)16-5-3-13(4-6-16)11(2)18/h7-8,11,13,17-18H,3-6,9H2,1-2H3. The van der Waals surface area contributed by atoms with Gasteiger partial charge in [0.05, 0.1) is 12.7 Å². The Hall–Kier alpha value is -1.13. The lowest BCUT2D eigenvalue weighted by molar-refractivity contribution is 0.110. The lowest BCUT2D eigenvalue weighted by Crippen LogP contribution is -2.37. The molecule has 4 heteroatoms. The van der Waals surface area contributed by atoms with E-state index in [-0.39, 0.29) is 12.7 Å². The normalized spacial score (nSPS) is 19.0. The first kappa shape index (κ1) is 13.3. The van der Waals surface area contributed by atoms with Gasteiger partial charge in [-0.2, -0.15) is 0 Å². The van der Waals surface area contributed by atoms with Crippen LogP contribution in [0.25, 0.3) is 0 Å². The summed E-state index contributed by atoms with van der Waals surface area (Å²) in [5.74, 6) is 1.35. The zero-order chi connectivity index (χ0) is 13.1. The van der Waals surface area contributed by atoms with Crippen LogP contribution in [0.3, 0.4) is 0 Å². The van der Waals surface area contributed by atoms with Gasteiger partial charge in [-0.1, -0.05) is 0 Å². The van der Waals surface area contributed by atoms with Gasteiger partial charge in [-0.15, -0.1) is 0 Å². The number of aryl methyl sites for hydroxylation is 1. The Balaban J connectivity index is 2.07. The molecule has 4 nitrogen and oxygen atoms in total. The molecule has 1 aromatic heterocycles. The van der Waals surface area contributed by atoms with Crippen LogP contribution in [-0.2, 0) is 6.61 Å². The number of pyridine rings is 1. The minimum atomic E-state index is -0.217. The third kappa shape index (κ3) is 3.00. The molecule has 2 N–H and O–H groups in total. The first-order valence-corrected chi connectivity index (χ1v) is 6.61. The second-order valence-electron chi connectivity index (χ2n) is 5.20. The van der Waals surface area contributed by atoms with Crippen molar-refractivity contribution in [2.45, 2.75) is 39.4 Å². The van der Waals surface area contributed by atoms with Crippen LogP contribution in [0.1, 0.15) is 31.0 Å². The molecule has 18 heavy (non-hydrogen) atoms. The SMILES string of the molecule is Cc1cc(CO)cc(N2CCC(C(C)O)CC2)n1. The molecule has 1 aliphatic heterocycles. The van der Waals surface area contributed by atoms with Crippen molar-refractivity contribution >= 4 is 5.82 Å².